The number of anilines is 1. The van der Waals surface area contributed by atoms with Crippen molar-refractivity contribution in [2.45, 2.75) is 0 Å². The van der Waals surface area contributed by atoms with Crippen LogP contribution in [0.2, 0.25) is 0 Å². The van der Waals surface area contributed by atoms with Gasteiger partial charge < -0.3 is 16.4 Å². The molecular weight excluding hydrogens is 214 g/mol. The number of nitrogens with zero attached hydrogens (tertiary/aromatic N) is 3. The largest absolute Gasteiger partial charge is 0.353 e. The van der Waals surface area contributed by atoms with Gasteiger partial charge in [0.05, 0.1) is 17.2 Å². The smallest absolute Gasteiger partial charge is 0.147 e. The topological polar surface area (TPSA) is 81.1 Å². The van der Waals surface area contributed by atoms with E-state index in [9.17, 15) is 0 Å². The number of hydrogen-bond donors (Lipinski definition) is 2. The molecule has 0 saturated carbocycles. The van der Waals surface area contributed by atoms with Gasteiger partial charge in [-0.1, -0.05) is 12.1 Å². The second-order valence-corrected chi connectivity index (χ2v) is 3.78. The maximum absolute atomic E-state index is 5.58. The molecule has 17 heavy (non-hydrogen) atoms. The number of benzene rings is 1. The molecule has 0 saturated heterocycles. The third-order valence-electron chi connectivity index (χ3n) is 2.56. The molecule has 2 aromatic rings. The number of fused-ring (bicyclic) bond motifs is 1. The molecule has 1 heterocycles. The third kappa shape index (κ3) is 2.69. The van der Waals surface area contributed by atoms with Gasteiger partial charge in [-0.3, -0.25) is 4.98 Å². The minimum absolute atomic E-state index is 0.578. The van der Waals surface area contributed by atoms with Crippen molar-refractivity contribution < 1.29 is 0 Å². The lowest BCUT2D eigenvalue weighted by Crippen LogP contribution is -2.34. The number of nitrogens with two attached hydrogens (primary N) is 2. The molecular formula is C12H17N5. The van der Waals surface area contributed by atoms with E-state index in [4.69, 9.17) is 11.5 Å². The molecule has 0 aliphatic carbocycles. The number of hydrogen-bond acceptors (Lipinski definition) is 5. The van der Waals surface area contributed by atoms with E-state index in [2.05, 4.69) is 14.9 Å². The average Bonchev–Trinajstić information content (AvgIpc) is 2.38. The molecule has 0 unspecified atom stereocenters. The summed E-state index contributed by atoms with van der Waals surface area (Å²) in [6.07, 6.45) is 1.77. The third-order valence-corrected chi connectivity index (χ3v) is 2.56. The van der Waals surface area contributed by atoms with Gasteiger partial charge in [0, 0.05) is 26.2 Å². The van der Waals surface area contributed by atoms with Crippen molar-refractivity contribution in [2.75, 3.05) is 31.1 Å². The van der Waals surface area contributed by atoms with E-state index < -0.39 is 0 Å². The van der Waals surface area contributed by atoms with Gasteiger partial charge in [0.2, 0.25) is 0 Å². The highest BCUT2D eigenvalue weighted by Gasteiger charge is 2.07. The summed E-state index contributed by atoms with van der Waals surface area (Å²) in [7, 11) is 0. The van der Waals surface area contributed by atoms with E-state index >= 15 is 0 Å². The minimum atomic E-state index is 0.578. The Balaban J connectivity index is 2.32. The van der Waals surface area contributed by atoms with Crippen LogP contribution in [0, 0.1) is 0 Å². The van der Waals surface area contributed by atoms with E-state index in [1.165, 1.54) is 0 Å². The monoisotopic (exact) mass is 231 g/mol. The standard InChI is InChI=1S/C12H17N5/c13-5-7-17(8-6-14)12-9-15-10-3-1-2-4-11(10)16-12/h1-4,9H,5-8,13-14H2. The molecule has 5 nitrogen and oxygen atoms in total. The molecule has 2 rings (SSSR count). The number of para-hydroxylation sites is 2. The van der Waals surface area contributed by atoms with E-state index in [0.29, 0.717) is 13.1 Å². The van der Waals surface area contributed by atoms with Gasteiger partial charge in [-0.25, -0.2) is 4.98 Å². The van der Waals surface area contributed by atoms with Crippen molar-refractivity contribution in [3.05, 3.63) is 30.5 Å². The summed E-state index contributed by atoms with van der Waals surface area (Å²) in [4.78, 5) is 11.0. The Morgan fingerprint density at radius 3 is 2.29 bits per heavy atom. The van der Waals surface area contributed by atoms with Crippen LogP contribution in [-0.4, -0.2) is 36.1 Å². The second-order valence-electron chi connectivity index (χ2n) is 3.78. The molecule has 4 N–H and O–H groups in total. The van der Waals surface area contributed by atoms with Crippen LogP contribution in [0.4, 0.5) is 5.82 Å². The zero-order chi connectivity index (χ0) is 12.1. The van der Waals surface area contributed by atoms with E-state index in [-0.39, 0.29) is 0 Å². The Morgan fingerprint density at radius 2 is 1.65 bits per heavy atom. The summed E-state index contributed by atoms with van der Waals surface area (Å²) in [5, 5.41) is 0. The summed E-state index contributed by atoms with van der Waals surface area (Å²) >= 11 is 0. The highest BCUT2D eigenvalue weighted by molar-refractivity contribution is 5.75. The molecule has 0 aliphatic heterocycles. The first-order valence-electron chi connectivity index (χ1n) is 5.72. The zero-order valence-corrected chi connectivity index (χ0v) is 9.71. The van der Waals surface area contributed by atoms with Gasteiger partial charge in [0.25, 0.3) is 0 Å². The first-order chi connectivity index (χ1) is 8.35. The predicted octanol–water partition coefficient (Wildman–Crippen LogP) is 0.354. The van der Waals surface area contributed by atoms with Gasteiger partial charge in [0.1, 0.15) is 5.82 Å². The van der Waals surface area contributed by atoms with Crippen LogP contribution in [0.1, 0.15) is 0 Å². The van der Waals surface area contributed by atoms with Crippen molar-refractivity contribution in [2.24, 2.45) is 11.5 Å². The molecule has 0 aliphatic rings. The summed E-state index contributed by atoms with van der Waals surface area (Å²) in [5.41, 5.74) is 13.0. The van der Waals surface area contributed by atoms with Crippen molar-refractivity contribution >= 4 is 16.9 Å². The lowest BCUT2D eigenvalue weighted by atomic mass is 10.3. The van der Waals surface area contributed by atoms with Crippen molar-refractivity contribution in [1.82, 2.24) is 9.97 Å². The summed E-state index contributed by atoms with van der Waals surface area (Å²) in [5.74, 6) is 0.833. The van der Waals surface area contributed by atoms with E-state index in [1.54, 1.807) is 6.20 Å². The minimum Gasteiger partial charge on any atom is -0.353 e. The first-order valence-corrected chi connectivity index (χ1v) is 5.72. The van der Waals surface area contributed by atoms with Crippen LogP contribution in [0.25, 0.3) is 11.0 Å². The number of aromatic nitrogens is 2. The van der Waals surface area contributed by atoms with Crippen molar-refractivity contribution in [3.63, 3.8) is 0 Å². The van der Waals surface area contributed by atoms with Crippen molar-refractivity contribution in [1.29, 1.82) is 0 Å². The van der Waals surface area contributed by atoms with Gasteiger partial charge in [0.15, 0.2) is 0 Å². The molecule has 0 radical (unpaired) electrons. The van der Waals surface area contributed by atoms with Gasteiger partial charge >= 0.3 is 0 Å². The van der Waals surface area contributed by atoms with Crippen LogP contribution >= 0.6 is 0 Å². The van der Waals surface area contributed by atoms with Crippen LogP contribution in [-0.2, 0) is 0 Å². The molecule has 1 aromatic carbocycles. The fourth-order valence-corrected chi connectivity index (χ4v) is 1.75. The number of rotatable bonds is 5. The SMILES string of the molecule is NCCN(CCN)c1cnc2ccccc2n1. The molecule has 0 spiro atoms. The Hall–Kier alpha value is -1.72. The maximum Gasteiger partial charge on any atom is 0.147 e. The Morgan fingerprint density at radius 1 is 1.00 bits per heavy atom. The van der Waals surface area contributed by atoms with Crippen molar-refractivity contribution in [3.8, 4) is 0 Å². The molecule has 0 bridgehead atoms. The summed E-state index contributed by atoms with van der Waals surface area (Å²) < 4.78 is 0. The summed E-state index contributed by atoms with van der Waals surface area (Å²) in [6, 6.07) is 7.81. The molecule has 90 valence electrons. The Kier molecular flexibility index (Phi) is 3.85. The lowest BCUT2D eigenvalue weighted by Gasteiger charge is -2.21. The van der Waals surface area contributed by atoms with Gasteiger partial charge in [-0.15, -0.1) is 0 Å². The molecule has 5 heteroatoms. The van der Waals surface area contributed by atoms with E-state index in [0.717, 1.165) is 29.9 Å². The maximum atomic E-state index is 5.58. The fourth-order valence-electron chi connectivity index (χ4n) is 1.75. The fraction of sp³-hybridized carbons (Fsp3) is 0.333. The van der Waals surface area contributed by atoms with Crippen LogP contribution in [0.3, 0.4) is 0 Å². The second kappa shape index (κ2) is 5.56. The summed E-state index contributed by atoms with van der Waals surface area (Å²) in [6.45, 7) is 2.64. The van der Waals surface area contributed by atoms with Gasteiger partial charge in [-0.05, 0) is 12.1 Å². The van der Waals surface area contributed by atoms with E-state index in [1.807, 2.05) is 24.3 Å². The molecule has 0 atom stereocenters. The quantitative estimate of drug-likeness (QED) is 0.776. The first kappa shape index (κ1) is 11.8. The lowest BCUT2D eigenvalue weighted by molar-refractivity contribution is 0.770. The molecule has 0 amide bonds. The zero-order valence-electron chi connectivity index (χ0n) is 9.71. The van der Waals surface area contributed by atoms with Gasteiger partial charge in [-0.2, -0.15) is 0 Å². The Labute approximate surface area is 100 Å². The average molecular weight is 231 g/mol. The Bertz CT molecular complexity index is 479. The van der Waals surface area contributed by atoms with Crippen LogP contribution < -0.4 is 16.4 Å². The highest BCUT2D eigenvalue weighted by atomic mass is 15.2. The highest BCUT2D eigenvalue weighted by Crippen LogP contribution is 2.14. The van der Waals surface area contributed by atoms with Crippen LogP contribution in [0.5, 0.6) is 0 Å². The molecule has 1 aromatic heterocycles. The van der Waals surface area contributed by atoms with Crippen LogP contribution in [0.15, 0.2) is 30.5 Å². The normalized spacial score (nSPS) is 10.7. The predicted molar refractivity (Wildman–Crippen MR) is 69.9 cm³/mol. The molecule has 0 fully saturated rings.